The number of carbonyl (C=O) groups excluding carboxylic acids is 3. The van der Waals surface area contributed by atoms with Gasteiger partial charge in [-0.15, -0.1) is 0 Å². The van der Waals surface area contributed by atoms with Crippen LogP contribution in [0.15, 0.2) is 48.5 Å². The molecule has 4 N–H and O–H groups in total. The predicted molar refractivity (Wildman–Crippen MR) is 238 cm³/mol. The number of ether oxygens (including phenoxy) is 3. The number of H-pyrrole nitrogens is 2. The maximum Gasteiger partial charge on any atom is 0.407 e. The van der Waals surface area contributed by atoms with Gasteiger partial charge in [-0.05, 0) is 119 Å². The largest absolute Gasteiger partial charge is 0.465 e. The molecule has 16 nitrogen and oxygen atoms in total. The fourth-order valence-electron chi connectivity index (χ4n) is 10.5. The average Bonchev–Trinajstić information content (AvgIpc) is 4.12. The minimum Gasteiger partial charge on any atom is -0.465 e. The van der Waals surface area contributed by atoms with Gasteiger partial charge in [-0.2, -0.15) is 0 Å². The Kier molecular flexibility index (Phi) is 12.2. The maximum absolute atomic E-state index is 14.4. The van der Waals surface area contributed by atoms with Crippen LogP contribution >= 0.6 is 0 Å². The molecule has 6 atom stereocenters. The highest BCUT2D eigenvalue weighted by Gasteiger charge is 2.46. The highest BCUT2D eigenvalue weighted by atomic mass is 16.5. The second-order valence-electron chi connectivity index (χ2n) is 17.8. The molecule has 0 aliphatic carbocycles. The summed E-state index contributed by atoms with van der Waals surface area (Å²) >= 11 is 0. The molecule has 0 radical (unpaired) electrons. The quantitative estimate of drug-likeness (QED) is 0.123. The first-order valence-electron chi connectivity index (χ1n) is 22.5. The molecule has 9 rings (SSSR count). The molecule has 5 aromatic rings. The molecule has 4 amide bonds. The van der Waals surface area contributed by atoms with Crippen LogP contribution in [0.2, 0.25) is 0 Å². The Hall–Kier alpha value is -6.18. The van der Waals surface area contributed by atoms with E-state index in [0.29, 0.717) is 63.8 Å². The van der Waals surface area contributed by atoms with Crippen molar-refractivity contribution in [3.05, 3.63) is 71.3 Å². The van der Waals surface area contributed by atoms with Crippen LogP contribution in [-0.4, -0.2) is 128 Å². The van der Waals surface area contributed by atoms with E-state index in [2.05, 4.69) is 33.2 Å². The number of carbonyl (C=O) groups is 4. The Labute approximate surface area is 371 Å². The standard InChI is InChI=1S/C48H56N8O8/c1-27-5-15-38(55(27)45(57)40(53-47(59)62-4)31-17-21-63-22-18-31)43-49-35-13-10-30(26-37(35)51-43)8-7-29-9-12-34-33(25-29)11-14-36-41(34)52-44(50-36)39-16-6-28(2)56(39)46(58)42(54(3)48(60)61)32-19-23-64-24-20-32/h9-14,25-28,31-32,38-40,42H,5-6,15-24H2,1-4H3,(H,49,51)(H,50,52)(H,53,59)(H,60,61)/t27-,28-,38-,39-,40-,42-/m0/s1. The van der Waals surface area contributed by atoms with Gasteiger partial charge in [0.1, 0.15) is 23.7 Å². The van der Waals surface area contributed by atoms with Crippen LogP contribution in [-0.2, 0) is 23.8 Å². The first-order chi connectivity index (χ1) is 31.0. The molecule has 3 aromatic carbocycles. The smallest absolute Gasteiger partial charge is 0.407 e. The van der Waals surface area contributed by atoms with Crippen molar-refractivity contribution in [3.8, 4) is 11.8 Å². The van der Waals surface area contributed by atoms with Crippen molar-refractivity contribution in [3.63, 3.8) is 0 Å². The first-order valence-corrected chi connectivity index (χ1v) is 22.5. The lowest BCUT2D eigenvalue weighted by Crippen LogP contribution is -2.54. The SMILES string of the molecule is COC(=O)N[C@H](C(=O)N1[C@@H](C)CC[C@H]1c1nc2cc(C#Cc3ccc4c(ccc5nc([C@@H]6CC[C@H](C)N6C(=O)[C@H](C6CCOCC6)N(C)C(=O)O)[nH]c54)c3)ccc2[nH]1)C1CCOCC1. The van der Waals surface area contributed by atoms with Gasteiger partial charge in [-0.3, -0.25) is 14.5 Å². The zero-order valence-electron chi connectivity index (χ0n) is 36.8. The van der Waals surface area contributed by atoms with Gasteiger partial charge in [-0.25, -0.2) is 19.6 Å². The summed E-state index contributed by atoms with van der Waals surface area (Å²) in [6.07, 6.45) is 3.93. The van der Waals surface area contributed by atoms with Gasteiger partial charge in [0, 0.05) is 62.1 Å². The highest BCUT2D eigenvalue weighted by Crippen LogP contribution is 2.40. The molecule has 2 aromatic heterocycles. The zero-order valence-corrected chi connectivity index (χ0v) is 36.8. The van der Waals surface area contributed by atoms with Crippen molar-refractivity contribution in [1.29, 1.82) is 0 Å². The summed E-state index contributed by atoms with van der Waals surface area (Å²) in [4.78, 5) is 75.1. The number of likely N-dealkylation sites (tertiary alicyclic amines) is 2. The monoisotopic (exact) mass is 872 g/mol. The summed E-state index contributed by atoms with van der Waals surface area (Å²) in [6, 6.07) is 13.8. The number of amides is 4. The Morgan fingerprint density at radius 3 is 2.02 bits per heavy atom. The van der Waals surface area contributed by atoms with E-state index in [1.165, 1.54) is 19.1 Å². The third kappa shape index (κ3) is 8.34. The van der Waals surface area contributed by atoms with E-state index in [9.17, 15) is 24.3 Å². The lowest BCUT2D eigenvalue weighted by atomic mass is 9.89. The van der Waals surface area contributed by atoms with Gasteiger partial charge >= 0.3 is 12.2 Å². The summed E-state index contributed by atoms with van der Waals surface area (Å²) in [5.41, 5.74) is 4.90. The average molecular weight is 873 g/mol. The minimum absolute atomic E-state index is 0.0332. The number of nitrogens with one attached hydrogen (secondary N) is 3. The lowest BCUT2D eigenvalue weighted by Gasteiger charge is -2.39. The fourth-order valence-corrected chi connectivity index (χ4v) is 10.5. The number of likely N-dealkylation sites (N-methyl/N-ethyl adjacent to an activating group) is 1. The number of benzene rings is 3. The number of alkyl carbamates (subject to hydrolysis) is 1. The first kappa shape index (κ1) is 43.1. The van der Waals surface area contributed by atoms with Gasteiger partial charge in [-0.1, -0.05) is 24.0 Å². The van der Waals surface area contributed by atoms with Crippen molar-refractivity contribution in [2.75, 3.05) is 40.6 Å². The highest BCUT2D eigenvalue weighted by molar-refractivity contribution is 6.04. The van der Waals surface area contributed by atoms with Crippen molar-refractivity contribution < 1.29 is 38.5 Å². The van der Waals surface area contributed by atoms with E-state index in [0.717, 1.165) is 69.6 Å². The number of methoxy groups -OCH3 is 1. The molecule has 336 valence electrons. The van der Waals surface area contributed by atoms with Crippen molar-refractivity contribution >= 4 is 56.8 Å². The number of rotatable bonds is 8. The maximum atomic E-state index is 14.4. The van der Waals surface area contributed by atoms with Crippen molar-refractivity contribution in [2.24, 2.45) is 11.8 Å². The molecule has 0 spiro atoms. The summed E-state index contributed by atoms with van der Waals surface area (Å²) in [7, 11) is 2.80. The van der Waals surface area contributed by atoms with E-state index in [1.54, 1.807) is 0 Å². The van der Waals surface area contributed by atoms with E-state index >= 15 is 0 Å². The van der Waals surface area contributed by atoms with Gasteiger partial charge in [0.15, 0.2) is 0 Å². The third-order valence-electron chi connectivity index (χ3n) is 14.0. The van der Waals surface area contributed by atoms with Crippen LogP contribution in [0, 0.1) is 23.7 Å². The molecule has 64 heavy (non-hydrogen) atoms. The van der Waals surface area contributed by atoms with Crippen LogP contribution in [0.1, 0.15) is 100 Å². The van der Waals surface area contributed by atoms with Gasteiger partial charge in [0.2, 0.25) is 11.8 Å². The molecule has 4 fully saturated rings. The van der Waals surface area contributed by atoms with Crippen LogP contribution in [0.25, 0.3) is 32.8 Å². The Morgan fingerprint density at radius 2 is 1.36 bits per heavy atom. The molecule has 0 unspecified atom stereocenters. The summed E-state index contributed by atoms with van der Waals surface area (Å²) in [5.74, 6) is 7.56. The van der Waals surface area contributed by atoms with Crippen molar-refractivity contribution in [1.82, 2.24) is 40.0 Å². The van der Waals surface area contributed by atoms with Crippen LogP contribution in [0.5, 0.6) is 0 Å². The second kappa shape index (κ2) is 18.1. The number of hydrogen-bond donors (Lipinski definition) is 4. The number of fused-ring (bicyclic) bond motifs is 4. The Bertz CT molecular complexity index is 2640. The molecular formula is C48H56N8O8. The summed E-state index contributed by atoms with van der Waals surface area (Å²) in [5, 5.41) is 14.8. The number of aromatic nitrogens is 4. The van der Waals surface area contributed by atoms with E-state index in [-0.39, 0.29) is 47.8 Å². The fraction of sp³-hybridized carbons (Fsp3) is 0.500. The van der Waals surface area contributed by atoms with E-state index < -0.39 is 24.3 Å². The number of carboxylic acid groups (broad SMARTS) is 1. The summed E-state index contributed by atoms with van der Waals surface area (Å²) in [6.45, 7) is 6.17. The second-order valence-corrected chi connectivity index (χ2v) is 17.8. The molecule has 0 saturated carbocycles. The van der Waals surface area contributed by atoms with Gasteiger partial charge < -0.3 is 44.4 Å². The van der Waals surface area contributed by atoms with Gasteiger partial charge in [0.25, 0.3) is 0 Å². The van der Waals surface area contributed by atoms with E-state index in [1.807, 2.05) is 66.1 Å². The normalized spacial score (nSPS) is 22.9. The number of imidazole rings is 2. The minimum atomic E-state index is -1.12. The molecule has 4 aliphatic heterocycles. The molecule has 16 heteroatoms. The molecule has 4 saturated heterocycles. The Morgan fingerprint density at radius 1 is 0.766 bits per heavy atom. The number of aromatic amines is 2. The van der Waals surface area contributed by atoms with Crippen LogP contribution in [0.4, 0.5) is 9.59 Å². The Balaban J connectivity index is 0.933. The molecule has 4 aliphatic rings. The van der Waals surface area contributed by atoms with Gasteiger partial charge in [0.05, 0.1) is 41.3 Å². The molecule has 0 bridgehead atoms. The molecular weight excluding hydrogens is 817 g/mol. The number of nitrogens with zero attached hydrogens (tertiary/aromatic N) is 5. The topological polar surface area (TPSA) is 195 Å². The zero-order chi connectivity index (χ0) is 44.6. The lowest BCUT2D eigenvalue weighted by molar-refractivity contribution is -0.142. The van der Waals surface area contributed by atoms with Crippen molar-refractivity contribution in [2.45, 2.75) is 101 Å². The molecule has 6 heterocycles. The predicted octanol–water partition coefficient (Wildman–Crippen LogP) is 6.65. The van der Waals surface area contributed by atoms with Crippen LogP contribution in [0.3, 0.4) is 0 Å². The third-order valence-corrected chi connectivity index (χ3v) is 14.0. The summed E-state index contributed by atoms with van der Waals surface area (Å²) < 4.78 is 16.0. The van der Waals surface area contributed by atoms with Crippen LogP contribution < -0.4 is 5.32 Å². The number of hydrogen-bond acceptors (Lipinski definition) is 9. The van der Waals surface area contributed by atoms with E-state index in [4.69, 9.17) is 24.2 Å².